The zero-order valence-corrected chi connectivity index (χ0v) is 22.0. The smallest absolute Gasteiger partial charge is 0.289 e. The number of ether oxygens (including phenoxy) is 1. The van der Waals surface area contributed by atoms with Crippen molar-refractivity contribution in [3.8, 4) is 0 Å². The first-order chi connectivity index (χ1) is 18.1. The third kappa shape index (κ3) is 6.42. The number of likely N-dealkylation sites (tertiary alicyclic amines) is 1. The molecule has 3 aliphatic rings. The number of carbonyl (C=O) groups is 2. The Hall–Kier alpha value is -3.12. The van der Waals surface area contributed by atoms with Gasteiger partial charge in [-0.05, 0) is 94.4 Å². The summed E-state index contributed by atoms with van der Waals surface area (Å²) in [6, 6.07) is 16.0. The van der Waals surface area contributed by atoms with Crippen molar-refractivity contribution in [2.45, 2.75) is 70.6 Å². The standard InChI is InChI=1S/C31H39N3O3/c1-23-9-11-25(12-10-23)22-34-27-7-2-3-8-28(27)37-29(31(34)36)21-24-13-15-26(16-14-24)30(35)32-17-6-20-33-18-4-5-19-33/h9-16,21,27-28H,2-8,17-20,22H2,1H3,(H,32,35)/b29-21+. The van der Waals surface area contributed by atoms with Gasteiger partial charge in [0.15, 0.2) is 5.76 Å². The highest BCUT2D eigenvalue weighted by Gasteiger charge is 2.41. The van der Waals surface area contributed by atoms with Crippen LogP contribution in [0.3, 0.4) is 0 Å². The van der Waals surface area contributed by atoms with E-state index in [1.807, 2.05) is 35.2 Å². The Bertz CT molecular complexity index is 1100. The number of amides is 2. The fourth-order valence-electron chi connectivity index (χ4n) is 5.75. The van der Waals surface area contributed by atoms with Gasteiger partial charge in [-0.25, -0.2) is 0 Å². The summed E-state index contributed by atoms with van der Waals surface area (Å²) in [5, 5.41) is 3.03. The first-order valence-corrected chi connectivity index (χ1v) is 13.9. The second-order valence-corrected chi connectivity index (χ2v) is 10.7. The fourth-order valence-corrected chi connectivity index (χ4v) is 5.75. The van der Waals surface area contributed by atoms with Crippen molar-refractivity contribution >= 4 is 17.9 Å². The fraction of sp³-hybridized carbons (Fsp3) is 0.484. The highest BCUT2D eigenvalue weighted by atomic mass is 16.5. The van der Waals surface area contributed by atoms with Crippen molar-refractivity contribution in [1.82, 2.24) is 15.1 Å². The van der Waals surface area contributed by atoms with E-state index >= 15 is 0 Å². The van der Waals surface area contributed by atoms with Crippen molar-refractivity contribution in [3.63, 3.8) is 0 Å². The average Bonchev–Trinajstić information content (AvgIpc) is 3.44. The molecular formula is C31H39N3O3. The lowest BCUT2D eigenvalue weighted by Crippen LogP contribution is -2.54. The molecule has 3 fully saturated rings. The van der Waals surface area contributed by atoms with Gasteiger partial charge in [-0.15, -0.1) is 0 Å². The van der Waals surface area contributed by atoms with E-state index in [4.69, 9.17) is 4.74 Å². The van der Waals surface area contributed by atoms with Crippen LogP contribution in [0.4, 0.5) is 0 Å². The molecule has 0 aromatic heterocycles. The molecule has 0 spiro atoms. The summed E-state index contributed by atoms with van der Waals surface area (Å²) < 4.78 is 6.27. The molecule has 2 aromatic carbocycles. The molecule has 5 rings (SSSR count). The Balaban J connectivity index is 1.23. The lowest BCUT2D eigenvalue weighted by molar-refractivity contribution is -0.149. The summed E-state index contributed by atoms with van der Waals surface area (Å²) in [5.74, 6) is 0.290. The molecular weight excluding hydrogens is 462 g/mol. The van der Waals surface area contributed by atoms with Gasteiger partial charge in [-0.3, -0.25) is 9.59 Å². The van der Waals surface area contributed by atoms with Gasteiger partial charge in [-0.1, -0.05) is 48.4 Å². The number of benzene rings is 2. The summed E-state index contributed by atoms with van der Waals surface area (Å²) in [6.07, 6.45) is 9.62. The molecule has 2 heterocycles. The summed E-state index contributed by atoms with van der Waals surface area (Å²) in [7, 11) is 0. The third-order valence-corrected chi connectivity index (χ3v) is 7.90. The maximum atomic E-state index is 13.5. The van der Waals surface area contributed by atoms with Gasteiger partial charge in [0.2, 0.25) is 0 Å². The van der Waals surface area contributed by atoms with E-state index < -0.39 is 0 Å². The summed E-state index contributed by atoms with van der Waals surface area (Å²) >= 11 is 0. The van der Waals surface area contributed by atoms with Crippen LogP contribution in [0, 0.1) is 6.92 Å². The summed E-state index contributed by atoms with van der Waals surface area (Å²) in [6.45, 7) is 6.76. The molecule has 6 nitrogen and oxygen atoms in total. The average molecular weight is 502 g/mol. The molecule has 0 radical (unpaired) electrons. The molecule has 2 amide bonds. The second-order valence-electron chi connectivity index (χ2n) is 10.7. The van der Waals surface area contributed by atoms with Gasteiger partial charge in [-0.2, -0.15) is 0 Å². The zero-order valence-electron chi connectivity index (χ0n) is 22.0. The molecule has 2 unspecified atom stereocenters. The number of fused-ring (bicyclic) bond motifs is 1. The van der Waals surface area contributed by atoms with E-state index in [1.54, 1.807) is 0 Å². The minimum Gasteiger partial charge on any atom is -0.482 e. The topological polar surface area (TPSA) is 61.9 Å². The van der Waals surface area contributed by atoms with Gasteiger partial charge < -0.3 is 19.9 Å². The quantitative estimate of drug-likeness (QED) is 0.412. The Kier molecular flexibility index (Phi) is 8.24. The van der Waals surface area contributed by atoms with Crippen LogP contribution in [0.2, 0.25) is 0 Å². The number of nitrogens with one attached hydrogen (secondary N) is 1. The number of hydrogen-bond donors (Lipinski definition) is 1. The largest absolute Gasteiger partial charge is 0.482 e. The van der Waals surface area contributed by atoms with Crippen LogP contribution in [-0.2, 0) is 16.1 Å². The molecule has 1 saturated carbocycles. The Morgan fingerprint density at radius 1 is 1.00 bits per heavy atom. The molecule has 37 heavy (non-hydrogen) atoms. The molecule has 6 heteroatoms. The minimum atomic E-state index is -0.0556. The van der Waals surface area contributed by atoms with E-state index in [0.29, 0.717) is 24.4 Å². The van der Waals surface area contributed by atoms with Crippen molar-refractivity contribution in [1.29, 1.82) is 0 Å². The van der Waals surface area contributed by atoms with E-state index in [9.17, 15) is 9.59 Å². The van der Waals surface area contributed by atoms with Gasteiger partial charge >= 0.3 is 0 Å². The first kappa shape index (κ1) is 25.5. The van der Waals surface area contributed by atoms with Gasteiger partial charge in [0.1, 0.15) is 6.10 Å². The normalized spacial score (nSPS) is 23.1. The van der Waals surface area contributed by atoms with Crippen molar-refractivity contribution in [3.05, 3.63) is 76.5 Å². The van der Waals surface area contributed by atoms with Gasteiger partial charge in [0.25, 0.3) is 11.8 Å². The van der Waals surface area contributed by atoms with E-state index in [2.05, 4.69) is 41.4 Å². The third-order valence-electron chi connectivity index (χ3n) is 7.90. The zero-order chi connectivity index (χ0) is 25.6. The molecule has 2 saturated heterocycles. The van der Waals surface area contributed by atoms with Crippen LogP contribution < -0.4 is 5.32 Å². The number of morpholine rings is 1. The number of rotatable bonds is 8. The highest BCUT2D eigenvalue weighted by Crippen LogP contribution is 2.34. The van der Waals surface area contributed by atoms with Crippen molar-refractivity contribution in [2.75, 3.05) is 26.2 Å². The minimum absolute atomic E-state index is 0.0359. The first-order valence-electron chi connectivity index (χ1n) is 13.9. The Morgan fingerprint density at radius 3 is 2.49 bits per heavy atom. The number of hydrogen-bond acceptors (Lipinski definition) is 4. The molecule has 0 bridgehead atoms. The number of aryl methyl sites for hydroxylation is 1. The van der Waals surface area contributed by atoms with Crippen LogP contribution in [0.15, 0.2) is 54.3 Å². The highest BCUT2D eigenvalue weighted by molar-refractivity contribution is 5.97. The maximum Gasteiger partial charge on any atom is 0.289 e. The molecule has 196 valence electrons. The summed E-state index contributed by atoms with van der Waals surface area (Å²) in [4.78, 5) is 30.6. The number of nitrogens with zero attached hydrogens (tertiary/aromatic N) is 2. The van der Waals surface area contributed by atoms with Crippen LogP contribution in [0.25, 0.3) is 6.08 Å². The second kappa shape index (κ2) is 12.0. The lowest BCUT2D eigenvalue weighted by atomic mass is 9.89. The predicted octanol–water partition coefficient (Wildman–Crippen LogP) is 4.92. The van der Waals surface area contributed by atoms with Gasteiger partial charge in [0.05, 0.1) is 6.04 Å². The van der Waals surface area contributed by atoms with Crippen molar-refractivity contribution < 1.29 is 14.3 Å². The molecule has 2 aromatic rings. The van der Waals surface area contributed by atoms with Crippen LogP contribution in [0.1, 0.15) is 72.0 Å². The maximum absolute atomic E-state index is 13.5. The Labute approximate surface area is 220 Å². The Morgan fingerprint density at radius 2 is 1.73 bits per heavy atom. The van der Waals surface area contributed by atoms with Crippen LogP contribution in [0.5, 0.6) is 0 Å². The SMILES string of the molecule is Cc1ccc(CN2C(=O)/C(=C\c3ccc(C(=O)NCCCN4CCCC4)cc3)OC3CCCCC32)cc1. The van der Waals surface area contributed by atoms with Crippen molar-refractivity contribution in [2.24, 2.45) is 0 Å². The van der Waals surface area contributed by atoms with E-state index in [1.165, 1.54) is 31.5 Å². The summed E-state index contributed by atoms with van der Waals surface area (Å²) in [5.41, 5.74) is 3.85. The molecule has 1 N–H and O–H groups in total. The molecule has 2 aliphatic heterocycles. The number of carbonyl (C=O) groups excluding carboxylic acids is 2. The molecule has 2 atom stereocenters. The van der Waals surface area contributed by atoms with Crippen LogP contribution >= 0.6 is 0 Å². The lowest BCUT2D eigenvalue weighted by Gasteiger charge is -2.44. The predicted molar refractivity (Wildman–Crippen MR) is 146 cm³/mol. The molecule has 1 aliphatic carbocycles. The monoisotopic (exact) mass is 501 g/mol. The van der Waals surface area contributed by atoms with Crippen LogP contribution in [-0.4, -0.2) is 59.9 Å². The van der Waals surface area contributed by atoms with E-state index in [-0.39, 0.29) is 24.0 Å². The van der Waals surface area contributed by atoms with E-state index in [0.717, 1.165) is 49.8 Å². The van der Waals surface area contributed by atoms with Gasteiger partial charge in [0, 0.05) is 18.7 Å².